The lowest BCUT2D eigenvalue weighted by Crippen LogP contribution is -2.19. The van der Waals surface area contributed by atoms with Crippen molar-refractivity contribution in [2.45, 2.75) is 0 Å². The molecular weight excluding hydrogens is 218 g/mol. The predicted octanol–water partition coefficient (Wildman–Crippen LogP) is 1.88. The zero-order valence-electron chi connectivity index (χ0n) is 8.20. The van der Waals surface area contributed by atoms with Gasteiger partial charge >= 0.3 is 5.97 Å². The number of Topliss-reactive ketones (excluding diaryl/α,β-unsaturated/α-hetero) is 1. The normalized spacial score (nSPS) is 9.62. The number of esters is 1. The van der Waals surface area contributed by atoms with E-state index in [4.69, 9.17) is 0 Å². The second kappa shape index (κ2) is 5.16. The van der Waals surface area contributed by atoms with Crippen molar-refractivity contribution in [1.29, 1.82) is 0 Å². The zero-order chi connectivity index (χ0) is 12.1. The van der Waals surface area contributed by atoms with Crippen molar-refractivity contribution in [2.24, 2.45) is 0 Å². The highest BCUT2D eigenvalue weighted by Gasteiger charge is 2.21. The average Bonchev–Trinajstić information content (AvgIpc) is 2.25. The first-order valence-electron chi connectivity index (χ1n) is 4.33. The summed E-state index contributed by atoms with van der Waals surface area (Å²) in [4.78, 5) is 22.4. The molecule has 1 rings (SSSR count). The van der Waals surface area contributed by atoms with Crippen LogP contribution < -0.4 is 0 Å². The lowest BCUT2D eigenvalue weighted by atomic mass is 10.1. The van der Waals surface area contributed by atoms with Crippen LogP contribution in [0.4, 0.5) is 8.78 Å². The van der Waals surface area contributed by atoms with Gasteiger partial charge in [0.1, 0.15) is 18.2 Å². The molecule has 0 saturated carbocycles. The molecule has 0 aliphatic carbocycles. The predicted molar refractivity (Wildman–Crippen MR) is 51.8 cm³/mol. The van der Waals surface area contributed by atoms with Gasteiger partial charge in [0.2, 0.25) is 0 Å². The number of carbonyl (C=O) groups is 2. The number of carbonyl (C=O) groups excluding carboxylic acids is 2. The Morgan fingerprint density at radius 1 is 1.38 bits per heavy atom. The van der Waals surface area contributed by atoms with E-state index in [1.54, 1.807) is 0 Å². The fourth-order valence-corrected chi connectivity index (χ4v) is 0.984. The lowest BCUT2D eigenvalue weighted by molar-refractivity contribution is -0.136. The van der Waals surface area contributed by atoms with Gasteiger partial charge in [-0.05, 0) is 12.1 Å². The Labute approximate surface area is 90.3 Å². The van der Waals surface area contributed by atoms with Crippen LogP contribution in [-0.2, 0) is 9.53 Å². The Kier molecular flexibility index (Phi) is 3.88. The number of hydrogen-bond donors (Lipinski definition) is 0. The molecule has 0 fully saturated rings. The van der Waals surface area contributed by atoms with Crippen molar-refractivity contribution in [1.82, 2.24) is 0 Å². The summed E-state index contributed by atoms with van der Waals surface area (Å²) in [5.74, 6) is -4.28. The standard InChI is InChI=1S/C11H8F2O3/c1-2-5-16-11(15)10(14)8-4-3-7(12)6-9(8)13/h2-4,6H,1,5H2. The summed E-state index contributed by atoms with van der Waals surface area (Å²) in [5, 5.41) is 0. The summed E-state index contributed by atoms with van der Waals surface area (Å²) in [6, 6.07) is 2.30. The highest BCUT2D eigenvalue weighted by atomic mass is 19.1. The third-order valence-electron chi connectivity index (χ3n) is 1.69. The molecule has 0 aliphatic heterocycles. The number of benzene rings is 1. The Morgan fingerprint density at radius 2 is 2.06 bits per heavy atom. The molecular formula is C11H8F2O3. The lowest BCUT2D eigenvalue weighted by Gasteiger charge is -2.02. The van der Waals surface area contributed by atoms with E-state index in [1.165, 1.54) is 6.08 Å². The van der Waals surface area contributed by atoms with E-state index in [-0.39, 0.29) is 6.61 Å². The number of ketones is 1. The molecule has 84 valence electrons. The maximum absolute atomic E-state index is 13.1. The minimum atomic E-state index is -1.20. The van der Waals surface area contributed by atoms with Crippen LogP contribution in [-0.4, -0.2) is 18.4 Å². The molecule has 16 heavy (non-hydrogen) atoms. The monoisotopic (exact) mass is 226 g/mol. The summed E-state index contributed by atoms with van der Waals surface area (Å²) < 4.78 is 30.1. The van der Waals surface area contributed by atoms with Gasteiger partial charge in [-0.2, -0.15) is 0 Å². The third kappa shape index (κ3) is 2.73. The minimum absolute atomic E-state index is 0.145. The van der Waals surface area contributed by atoms with E-state index < -0.39 is 29.0 Å². The maximum atomic E-state index is 13.1. The second-order valence-electron chi connectivity index (χ2n) is 2.84. The number of ether oxygens (including phenoxy) is 1. The van der Waals surface area contributed by atoms with Crippen LogP contribution in [0.15, 0.2) is 30.9 Å². The van der Waals surface area contributed by atoms with E-state index >= 15 is 0 Å². The van der Waals surface area contributed by atoms with Gasteiger partial charge in [0.25, 0.3) is 5.78 Å². The van der Waals surface area contributed by atoms with Crippen molar-refractivity contribution < 1.29 is 23.1 Å². The fraction of sp³-hybridized carbons (Fsp3) is 0.0909. The quantitative estimate of drug-likeness (QED) is 0.340. The van der Waals surface area contributed by atoms with Gasteiger partial charge in [-0.1, -0.05) is 12.7 Å². The summed E-state index contributed by atoms with van der Waals surface area (Å²) >= 11 is 0. The summed E-state index contributed by atoms with van der Waals surface area (Å²) in [5.41, 5.74) is -0.518. The van der Waals surface area contributed by atoms with E-state index in [9.17, 15) is 18.4 Å². The first-order valence-corrected chi connectivity index (χ1v) is 4.33. The molecule has 0 aromatic heterocycles. The molecule has 1 aromatic carbocycles. The SMILES string of the molecule is C=CCOC(=O)C(=O)c1ccc(F)cc1F. The zero-order valence-corrected chi connectivity index (χ0v) is 8.20. The van der Waals surface area contributed by atoms with Crippen LogP contribution in [0.25, 0.3) is 0 Å². The minimum Gasteiger partial charge on any atom is -0.455 e. The second-order valence-corrected chi connectivity index (χ2v) is 2.84. The van der Waals surface area contributed by atoms with Crippen LogP contribution >= 0.6 is 0 Å². The molecule has 0 bridgehead atoms. The van der Waals surface area contributed by atoms with Gasteiger partial charge in [-0.3, -0.25) is 4.79 Å². The van der Waals surface area contributed by atoms with Gasteiger partial charge in [0.15, 0.2) is 0 Å². The molecule has 0 atom stereocenters. The van der Waals surface area contributed by atoms with Gasteiger partial charge in [0, 0.05) is 6.07 Å². The van der Waals surface area contributed by atoms with Crippen molar-refractivity contribution in [3.8, 4) is 0 Å². The average molecular weight is 226 g/mol. The molecule has 0 aliphatic rings. The van der Waals surface area contributed by atoms with E-state index in [2.05, 4.69) is 11.3 Å². The Hall–Kier alpha value is -2.04. The van der Waals surface area contributed by atoms with Gasteiger partial charge in [-0.25, -0.2) is 13.6 Å². The van der Waals surface area contributed by atoms with E-state index in [1.807, 2.05) is 0 Å². The molecule has 0 saturated heterocycles. The topological polar surface area (TPSA) is 43.4 Å². The van der Waals surface area contributed by atoms with Crippen molar-refractivity contribution >= 4 is 11.8 Å². The van der Waals surface area contributed by atoms with Crippen LogP contribution in [0, 0.1) is 11.6 Å². The van der Waals surface area contributed by atoms with Gasteiger partial charge in [0.05, 0.1) is 5.56 Å². The maximum Gasteiger partial charge on any atom is 0.380 e. The van der Waals surface area contributed by atoms with Crippen molar-refractivity contribution in [3.63, 3.8) is 0 Å². The van der Waals surface area contributed by atoms with Gasteiger partial charge < -0.3 is 4.74 Å². The van der Waals surface area contributed by atoms with Crippen LogP contribution in [0.1, 0.15) is 10.4 Å². The smallest absolute Gasteiger partial charge is 0.380 e. The Bertz CT molecular complexity index is 441. The van der Waals surface area contributed by atoms with Crippen LogP contribution in [0.2, 0.25) is 0 Å². The largest absolute Gasteiger partial charge is 0.455 e. The fourth-order valence-electron chi connectivity index (χ4n) is 0.984. The number of rotatable bonds is 4. The molecule has 5 heteroatoms. The van der Waals surface area contributed by atoms with Crippen LogP contribution in [0.3, 0.4) is 0 Å². The van der Waals surface area contributed by atoms with E-state index in [0.29, 0.717) is 6.07 Å². The molecule has 0 heterocycles. The summed E-state index contributed by atoms with van der Waals surface area (Å²) in [6.45, 7) is 3.14. The summed E-state index contributed by atoms with van der Waals surface area (Å²) in [6.07, 6.45) is 1.27. The molecule has 3 nitrogen and oxygen atoms in total. The van der Waals surface area contributed by atoms with Crippen molar-refractivity contribution in [3.05, 3.63) is 48.1 Å². The molecule has 1 aromatic rings. The highest BCUT2D eigenvalue weighted by molar-refractivity contribution is 6.40. The molecule has 0 spiro atoms. The molecule has 0 unspecified atom stereocenters. The van der Waals surface area contributed by atoms with Gasteiger partial charge in [-0.15, -0.1) is 0 Å². The Balaban J connectivity index is 2.88. The first-order chi connectivity index (χ1) is 7.56. The summed E-state index contributed by atoms with van der Waals surface area (Å²) in [7, 11) is 0. The van der Waals surface area contributed by atoms with E-state index in [0.717, 1.165) is 12.1 Å². The third-order valence-corrected chi connectivity index (χ3v) is 1.69. The first kappa shape index (κ1) is 12.0. The van der Waals surface area contributed by atoms with Crippen molar-refractivity contribution in [2.75, 3.05) is 6.61 Å². The van der Waals surface area contributed by atoms with Crippen LogP contribution in [0.5, 0.6) is 0 Å². The molecule has 0 N–H and O–H groups in total. The number of halogens is 2. The molecule has 0 radical (unpaired) electrons. The number of hydrogen-bond acceptors (Lipinski definition) is 3. The molecule has 0 amide bonds. The highest BCUT2D eigenvalue weighted by Crippen LogP contribution is 2.10. The Morgan fingerprint density at radius 3 is 2.62 bits per heavy atom.